The van der Waals surface area contributed by atoms with Gasteiger partial charge in [0.2, 0.25) is 5.91 Å². The Bertz CT molecular complexity index is 837. The van der Waals surface area contributed by atoms with Crippen molar-refractivity contribution in [2.45, 2.75) is 31.9 Å². The summed E-state index contributed by atoms with van der Waals surface area (Å²) in [7, 11) is -1.46. The molecule has 0 radical (unpaired) electrons. The normalized spacial score (nSPS) is 18.9. The number of hydrogen-bond acceptors (Lipinski definition) is 4. The zero-order valence-corrected chi connectivity index (χ0v) is 17.7. The summed E-state index contributed by atoms with van der Waals surface area (Å²) in [6.07, 6.45) is 0.251. The lowest BCUT2D eigenvalue weighted by Gasteiger charge is -2.39. The second kappa shape index (κ2) is 8.48. The molecular weight excluding hydrogens is 388 g/mol. The van der Waals surface area contributed by atoms with Crippen LogP contribution in [0.15, 0.2) is 23.2 Å². The number of anilines is 1. The summed E-state index contributed by atoms with van der Waals surface area (Å²) >= 11 is 6.06. The van der Waals surface area contributed by atoms with Crippen molar-refractivity contribution in [1.82, 2.24) is 10.2 Å². The van der Waals surface area contributed by atoms with Crippen LogP contribution in [0.1, 0.15) is 25.8 Å². The summed E-state index contributed by atoms with van der Waals surface area (Å²) in [5.74, 6) is 0.560. The third kappa shape index (κ3) is 5.13. The zero-order chi connectivity index (χ0) is 20.2. The molecule has 0 unspecified atom stereocenters. The minimum absolute atomic E-state index is 0.0925. The van der Waals surface area contributed by atoms with E-state index in [9.17, 15) is 13.2 Å². The lowest BCUT2D eigenvalue weighted by atomic mass is 10.2. The second-order valence-electron chi connectivity index (χ2n) is 7.18. The minimum atomic E-state index is -3.11. The van der Waals surface area contributed by atoms with Crippen LogP contribution in [0, 0.1) is 6.92 Å². The number of rotatable bonds is 4. The second-order valence-corrected chi connectivity index (χ2v) is 10.3. The van der Waals surface area contributed by atoms with Crippen molar-refractivity contribution in [2.75, 3.05) is 37.8 Å². The number of halogens is 1. The van der Waals surface area contributed by atoms with Crippen LogP contribution in [0.2, 0.25) is 5.02 Å². The van der Waals surface area contributed by atoms with Gasteiger partial charge >= 0.3 is 0 Å². The van der Waals surface area contributed by atoms with Gasteiger partial charge in [-0.3, -0.25) is 9.79 Å². The van der Waals surface area contributed by atoms with Crippen LogP contribution in [-0.4, -0.2) is 62.4 Å². The summed E-state index contributed by atoms with van der Waals surface area (Å²) in [5.41, 5.74) is 1.52. The lowest BCUT2D eigenvalue weighted by Crippen LogP contribution is -2.57. The Kier molecular flexibility index (Phi) is 6.75. The summed E-state index contributed by atoms with van der Waals surface area (Å²) in [6.45, 7) is 6.44. The Morgan fingerprint density at radius 1 is 1.37 bits per heavy atom. The van der Waals surface area contributed by atoms with Crippen LogP contribution >= 0.6 is 11.6 Å². The molecule has 0 bridgehead atoms. The van der Waals surface area contributed by atoms with E-state index in [1.165, 1.54) is 0 Å². The maximum Gasteiger partial charge on any atom is 0.226 e. The molecule has 1 amide bonds. The molecule has 1 heterocycles. The van der Waals surface area contributed by atoms with E-state index in [2.05, 4.69) is 15.6 Å². The Balaban J connectivity index is 1.88. The molecular formula is C18H27ClN4O3S. The molecule has 27 heavy (non-hydrogen) atoms. The number of carbonyl (C=O) groups excluding carboxylic acids is 1. The van der Waals surface area contributed by atoms with Gasteiger partial charge in [-0.25, -0.2) is 8.42 Å². The summed E-state index contributed by atoms with van der Waals surface area (Å²) < 4.78 is 23.4. The topological polar surface area (TPSA) is 90.9 Å². The predicted octanol–water partition coefficient (Wildman–Crippen LogP) is 2.06. The van der Waals surface area contributed by atoms with Gasteiger partial charge in [-0.15, -0.1) is 0 Å². The number of benzene rings is 1. The number of carbonyl (C=O) groups is 1. The van der Waals surface area contributed by atoms with Crippen molar-refractivity contribution in [3.05, 3.63) is 28.8 Å². The molecule has 2 N–H and O–H groups in total. The molecule has 7 nitrogen and oxygen atoms in total. The molecule has 1 aliphatic rings. The van der Waals surface area contributed by atoms with Gasteiger partial charge in [-0.1, -0.05) is 17.7 Å². The van der Waals surface area contributed by atoms with E-state index >= 15 is 0 Å². The first-order valence-corrected chi connectivity index (χ1v) is 10.8. The lowest BCUT2D eigenvalue weighted by molar-refractivity contribution is -0.116. The van der Waals surface area contributed by atoms with Crippen molar-refractivity contribution in [1.29, 1.82) is 0 Å². The number of hydrogen-bond donors (Lipinski definition) is 2. The number of guanidine groups is 1. The van der Waals surface area contributed by atoms with Gasteiger partial charge in [0.05, 0.1) is 10.5 Å². The highest BCUT2D eigenvalue weighted by Gasteiger charge is 2.40. The zero-order valence-electron chi connectivity index (χ0n) is 16.2. The molecule has 1 aromatic rings. The van der Waals surface area contributed by atoms with Crippen molar-refractivity contribution < 1.29 is 13.2 Å². The van der Waals surface area contributed by atoms with Crippen LogP contribution in [0.4, 0.5) is 5.69 Å². The monoisotopic (exact) mass is 414 g/mol. The van der Waals surface area contributed by atoms with E-state index in [0.29, 0.717) is 36.3 Å². The molecule has 1 aromatic carbocycles. The van der Waals surface area contributed by atoms with E-state index < -0.39 is 14.6 Å². The first-order chi connectivity index (χ1) is 12.6. The third-order valence-electron chi connectivity index (χ3n) is 4.73. The average molecular weight is 415 g/mol. The van der Waals surface area contributed by atoms with Gasteiger partial charge in [-0.05, 0) is 38.5 Å². The Labute approximate surface area is 166 Å². The largest absolute Gasteiger partial charge is 0.356 e. The molecule has 9 heteroatoms. The number of sulfone groups is 1. The number of nitrogens with zero attached hydrogens (tertiary/aromatic N) is 2. The highest BCUT2D eigenvalue weighted by molar-refractivity contribution is 7.92. The van der Waals surface area contributed by atoms with Crippen molar-refractivity contribution in [3.63, 3.8) is 0 Å². The van der Waals surface area contributed by atoms with E-state index in [4.69, 9.17) is 11.6 Å². The fourth-order valence-corrected chi connectivity index (χ4v) is 4.44. The van der Waals surface area contributed by atoms with E-state index in [1.807, 2.05) is 17.9 Å². The van der Waals surface area contributed by atoms with Gasteiger partial charge in [0.25, 0.3) is 0 Å². The highest BCUT2D eigenvalue weighted by atomic mass is 35.5. The minimum Gasteiger partial charge on any atom is -0.356 e. The molecule has 2 rings (SSSR count). The van der Waals surface area contributed by atoms with Gasteiger partial charge < -0.3 is 15.5 Å². The van der Waals surface area contributed by atoms with Gasteiger partial charge in [0, 0.05) is 43.8 Å². The van der Waals surface area contributed by atoms with Crippen LogP contribution in [0.5, 0.6) is 0 Å². The van der Waals surface area contributed by atoms with Gasteiger partial charge in [-0.2, -0.15) is 0 Å². The molecule has 1 aliphatic heterocycles. The van der Waals surface area contributed by atoms with Gasteiger partial charge in [0.15, 0.2) is 15.8 Å². The average Bonchev–Trinajstić information content (AvgIpc) is 2.58. The third-order valence-corrected chi connectivity index (χ3v) is 7.67. The molecule has 0 spiro atoms. The van der Waals surface area contributed by atoms with Crippen LogP contribution in [-0.2, 0) is 14.6 Å². The summed E-state index contributed by atoms with van der Waals surface area (Å²) in [4.78, 5) is 18.3. The molecule has 0 aliphatic carbocycles. The number of amides is 1. The smallest absolute Gasteiger partial charge is 0.226 e. The summed E-state index contributed by atoms with van der Waals surface area (Å²) in [5, 5.41) is 6.60. The first kappa shape index (κ1) is 21.5. The predicted molar refractivity (Wildman–Crippen MR) is 110 cm³/mol. The fourth-order valence-electron chi connectivity index (χ4n) is 2.90. The van der Waals surface area contributed by atoms with Crippen molar-refractivity contribution in [2.24, 2.45) is 4.99 Å². The molecule has 150 valence electrons. The first-order valence-electron chi connectivity index (χ1n) is 8.80. The maximum absolute atomic E-state index is 12.2. The fraction of sp³-hybridized carbons (Fsp3) is 0.556. The molecule has 1 fully saturated rings. The Morgan fingerprint density at radius 2 is 2.07 bits per heavy atom. The molecule has 1 saturated heterocycles. The van der Waals surface area contributed by atoms with Crippen LogP contribution in [0.3, 0.4) is 0 Å². The Hall–Kier alpha value is -1.80. The van der Waals surface area contributed by atoms with E-state index in [1.54, 1.807) is 33.0 Å². The number of aliphatic imine (C=N–C) groups is 1. The summed E-state index contributed by atoms with van der Waals surface area (Å²) in [6, 6.07) is 5.37. The molecule has 0 atom stereocenters. The van der Waals surface area contributed by atoms with E-state index in [0.717, 1.165) is 5.56 Å². The maximum atomic E-state index is 12.2. The molecule has 0 saturated carbocycles. The van der Waals surface area contributed by atoms with Crippen molar-refractivity contribution >= 4 is 39.0 Å². The standard InChI is InChI=1S/C18H27ClN4O3S/c1-13-14(19)6-5-7-15(13)22-16(24)8-9-21-17(20-4)23-10-11-27(25,26)18(2,3)12-23/h5-7H,8-12H2,1-4H3,(H,20,21)(H,22,24). The van der Waals surface area contributed by atoms with Gasteiger partial charge in [0.1, 0.15) is 0 Å². The van der Waals surface area contributed by atoms with Crippen LogP contribution < -0.4 is 10.6 Å². The molecule has 0 aromatic heterocycles. The quantitative estimate of drug-likeness (QED) is 0.581. The SMILES string of the molecule is CN=C(NCCC(=O)Nc1cccc(Cl)c1C)N1CCS(=O)(=O)C(C)(C)C1. The number of nitrogens with one attached hydrogen (secondary N) is 2. The van der Waals surface area contributed by atoms with Crippen molar-refractivity contribution in [3.8, 4) is 0 Å². The van der Waals surface area contributed by atoms with Crippen LogP contribution in [0.25, 0.3) is 0 Å². The highest BCUT2D eigenvalue weighted by Crippen LogP contribution is 2.24. The van der Waals surface area contributed by atoms with E-state index in [-0.39, 0.29) is 18.1 Å². The Morgan fingerprint density at radius 3 is 2.70 bits per heavy atom.